The Kier molecular flexibility index (Phi) is 6.39. The van der Waals surface area contributed by atoms with Gasteiger partial charge in [-0.15, -0.1) is 0 Å². The Morgan fingerprint density at radius 3 is 2.48 bits per heavy atom. The Labute approximate surface area is 147 Å². The maximum Gasteiger partial charge on any atom is 0.313 e. The van der Waals surface area contributed by atoms with Gasteiger partial charge in [-0.3, -0.25) is 9.59 Å². The predicted molar refractivity (Wildman–Crippen MR) is 96.0 cm³/mol. The average molecular weight is 342 g/mol. The molecule has 0 unspecified atom stereocenters. The first-order chi connectivity index (χ1) is 12.0. The van der Waals surface area contributed by atoms with E-state index in [9.17, 15) is 9.59 Å². The number of rotatable bonds is 6. The zero-order chi connectivity index (χ0) is 18.2. The number of methoxy groups -OCH3 is 1. The molecule has 2 rings (SSSR count). The molecule has 0 radical (unpaired) electrons. The van der Waals surface area contributed by atoms with Crippen molar-refractivity contribution in [1.82, 2.24) is 5.32 Å². The fourth-order valence-electron chi connectivity index (χ4n) is 2.11. The Hall–Kier alpha value is -3.02. The first-order valence-corrected chi connectivity index (χ1v) is 7.93. The van der Waals surface area contributed by atoms with Crippen LogP contribution in [-0.2, 0) is 9.59 Å². The molecule has 2 N–H and O–H groups in total. The van der Waals surface area contributed by atoms with E-state index in [1.165, 1.54) is 12.7 Å². The molecule has 2 aromatic carbocycles. The summed E-state index contributed by atoms with van der Waals surface area (Å²) in [6.45, 7) is 4.55. The Bertz CT molecular complexity index is 759. The minimum atomic E-state index is -0.737. The lowest BCUT2D eigenvalue weighted by molar-refractivity contribution is -0.136. The summed E-state index contributed by atoms with van der Waals surface area (Å²) in [6, 6.07) is 12.6. The van der Waals surface area contributed by atoms with Gasteiger partial charge in [-0.25, -0.2) is 0 Å². The van der Waals surface area contributed by atoms with E-state index in [1.807, 2.05) is 32.0 Å². The minimum Gasteiger partial charge on any atom is -0.497 e. The highest BCUT2D eigenvalue weighted by atomic mass is 16.5. The number of benzene rings is 2. The van der Waals surface area contributed by atoms with Crippen LogP contribution >= 0.6 is 0 Å². The van der Waals surface area contributed by atoms with Crippen LogP contribution in [0.4, 0.5) is 5.69 Å². The molecule has 0 spiro atoms. The molecule has 6 nitrogen and oxygen atoms in total. The molecule has 0 bridgehead atoms. The van der Waals surface area contributed by atoms with E-state index >= 15 is 0 Å². The van der Waals surface area contributed by atoms with E-state index in [2.05, 4.69) is 10.6 Å². The summed E-state index contributed by atoms with van der Waals surface area (Å²) in [5, 5.41) is 5.04. The van der Waals surface area contributed by atoms with Gasteiger partial charge in [0, 0.05) is 11.8 Å². The van der Waals surface area contributed by atoms with Crippen LogP contribution in [0.15, 0.2) is 42.5 Å². The fourth-order valence-corrected chi connectivity index (χ4v) is 2.11. The van der Waals surface area contributed by atoms with Crippen LogP contribution in [0.2, 0.25) is 0 Å². The molecule has 2 amide bonds. The molecule has 0 heterocycles. The van der Waals surface area contributed by atoms with Crippen molar-refractivity contribution < 1.29 is 19.1 Å². The van der Waals surface area contributed by atoms with Crippen molar-refractivity contribution in [3.63, 3.8) is 0 Å². The van der Waals surface area contributed by atoms with Crippen LogP contribution in [0, 0.1) is 13.8 Å². The molecule has 2 aromatic rings. The number of carbonyl (C=O) groups is 2. The molecule has 0 aliphatic rings. The quantitative estimate of drug-likeness (QED) is 0.624. The van der Waals surface area contributed by atoms with Crippen LogP contribution in [-0.4, -0.2) is 32.1 Å². The zero-order valence-electron chi connectivity index (χ0n) is 14.6. The average Bonchev–Trinajstić information content (AvgIpc) is 2.61. The number of ether oxygens (including phenoxy) is 2. The first-order valence-electron chi connectivity index (χ1n) is 7.93. The summed E-state index contributed by atoms with van der Waals surface area (Å²) in [7, 11) is 1.53. The number of carbonyl (C=O) groups excluding carboxylic acids is 2. The number of hydrogen-bond acceptors (Lipinski definition) is 4. The topological polar surface area (TPSA) is 76.7 Å². The molecule has 0 saturated heterocycles. The van der Waals surface area contributed by atoms with Gasteiger partial charge in [-0.2, -0.15) is 0 Å². The van der Waals surface area contributed by atoms with Crippen molar-refractivity contribution >= 4 is 17.5 Å². The maximum atomic E-state index is 11.9. The summed E-state index contributed by atoms with van der Waals surface area (Å²) in [4.78, 5) is 23.7. The molecule has 0 atom stereocenters. The second-order valence-corrected chi connectivity index (χ2v) is 5.54. The molecular weight excluding hydrogens is 320 g/mol. The second-order valence-electron chi connectivity index (χ2n) is 5.54. The number of anilines is 1. The SMILES string of the molecule is COc1cccc(NC(=O)C(=O)NCCOc2ccc(C)c(C)c2)c1. The van der Waals surface area contributed by atoms with Crippen LogP contribution in [0.5, 0.6) is 11.5 Å². The second kappa shape index (κ2) is 8.73. The zero-order valence-corrected chi connectivity index (χ0v) is 14.6. The van der Waals surface area contributed by atoms with E-state index in [4.69, 9.17) is 9.47 Å². The molecule has 0 aliphatic heterocycles. The van der Waals surface area contributed by atoms with Gasteiger partial charge in [0.15, 0.2) is 0 Å². The highest BCUT2D eigenvalue weighted by Gasteiger charge is 2.13. The lowest BCUT2D eigenvalue weighted by Crippen LogP contribution is -2.37. The van der Waals surface area contributed by atoms with E-state index in [0.717, 1.165) is 11.3 Å². The van der Waals surface area contributed by atoms with Crippen molar-refractivity contribution in [2.24, 2.45) is 0 Å². The van der Waals surface area contributed by atoms with Gasteiger partial charge in [0.2, 0.25) is 0 Å². The van der Waals surface area contributed by atoms with Gasteiger partial charge in [-0.1, -0.05) is 12.1 Å². The first kappa shape index (κ1) is 18.3. The van der Waals surface area contributed by atoms with Gasteiger partial charge < -0.3 is 20.1 Å². The lowest BCUT2D eigenvalue weighted by Gasteiger charge is -2.10. The Balaban J connectivity index is 1.75. The normalized spacial score (nSPS) is 10.0. The van der Waals surface area contributed by atoms with Crippen LogP contribution in [0.3, 0.4) is 0 Å². The summed E-state index contributed by atoms with van der Waals surface area (Å²) in [5.74, 6) is -0.121. The van der Waals surface area contributed by atoms with Crippen LogP contribution in [0.25, 0.3) is 0 Å². The summed E-state index contributed by atoms with van der Waals surface area (Å²) >= 11 is 0. The Morgan fingerprint density at radius 1 is 0.960 bits per heavy atom. The van der Waals surface area contributed by atoms with Gasteiger partial charge in [0.05, 0.1) is 13.7 Å². The van der Waals surface area contributed by atoms with E-state index in [-0.39, 0.29) is 13.2 Å². The lowest BCUT2D eigenvalue weighted by atomic mass is 10.1. The van der Waals surface area contributed by atoms with Crippen molar-refractivity contribution in [3.05, 3.63) is 53.6 Å². The largest absolute Gasteiger partial charge is 0.497 e. The van der Waals surface area contributed by atoms with Crippen molar-refractivity contribution in [2.75, 3.05) is 25.6 Å². The highest BCUT2D eigenvalue weighted by Crippen LogP contribution is 2.17. The van der Waals surface area contributed by atoms with Crippen molar-refractivity contribution in [1.29, 1.82) is 0 Å². The van der Waals surface area contributed by atoms with Gasteiger partial charge in [-0.05, 0) is 49.2 Å². The van der Waals surface area contributed by atoms with E-state index < -0.39 is 11.8 Å². The molecule has 132 valence electrons. The third kappa shape index (κ3) is 5.53. The molecule has 0 saturated carbocycles. The fraction of sp³-hybridized carbons (Fsp3) is 0.263. The molecule has 25 heavy (non-hydrogen) atoms. The number of nitrogens with one attached hydrogen (secondary N) is 2. The van der Waals surface area contributed by atoms with Crippen LogP contribution in [0.1, 0.15) is 11.1 Å². The summed E-state index contributed by atoms with van der Waals surface area (Å²) in [5.41, 5.74) is 2.82. The molecule has 0 fully saturated rings. The minimum absolute atomic E-state index is 0.233. The van der Waals surface area contributed by atoms with Gasteiger partial charge >= 0.3 is 11.8 Å². The van der Waals surface area contributed by atoms with Crippen molar-refractivity contribution in [2.45, 2.75) is 13.8 Å². The van der Waals surface area contributed by atoms with E-state index in [0.29, 0.717) is 11.4 Å². The van der Waals surface area contributed by atoms with Gasteiger partial charge in [0.25, 0.3) is 0 Å². The molecule has 6 heteroatoms. The van der Waals surface area contributed by atoms with E-state index in [1.54, 1.807) is 24.3 Å². The molecule has 0 aliphatic carbocycles. The number of aryl methyl sites for hydroxylation is 2. The maximum absolute atomic E-state index is 11.9. The summed E-state index contributed by atoms with van der Waals surface area (Å²) in [6.07, 6.45) is 0. The summed E-state index contributed by atoms with van der Waals surface area (Å²) < 4.78 is 10.6. The Morgan fingerprint density at radius 2 is 1.76 bits per heavy atom. The third-order valence-corrected chi connectivity index (χ3v) is 3.67. The number of hydrogen-bond donors (Lipinski definition) is 2. The molecule has 0 aromatic heterocycles. The number of amides is 2. The monoisotopic (exact) mass is 342 g/mol. The van der Waals surface area contributed by atoms with Crippen molar-refractivity contribution in [3.8, 4) is 11.5 Å². The van der Waals surface area contributed by atoms with Gasteiger partial charge in [0.1, 0.15) is 18.1 Å². The highest BCUT2D eigenvalue weighted by molar-refractivity contribution is 6.39. The predicted octanol–water partition coefficient (Wildman–Crippen LogP) is 2.45. The van der Waals surface area contributed by atoms with Crippen LogP contribution < -0.4 is 20.1 Å². The third-order valence-electron chi connectivity index (χ3n) is 3.67. The smallest absolute Gasteiger partial charge is 0.313 e. The molecular formula is C19H22N2O4. The standard InChI is InChI=1S/C19H22N2O4/c1-13-7-8-17(11-14(13)2)25-10-9-20-18(22)19(23)21-15-5-4-6-16(12-15)24-3/h4-8,11-12H,9-10H2,1-3H3,(H,20,22)(H,21,23).